The summed E-state index contributed by atoms with van der Waals surface area (Å²) in [6, 6.07) is 0. The van der Waals surface area contributed by atoms with E-state index in [0.717, 1.165) is 12.8 Å². The monoisotopic (exact) mass is 236 g/mol. The molecule has 96 valence electrons. The zero-order valence-corrected chi connectivity index (χ0v) is 9.32. The number of aliphatic hydroxyl groups is 4. The third kappa shape index (κ3) is 3.13. The van der Waals surface area contributed by atoms with E-state index in [9.17, 15) is 15.3 Å². The van der Waals surface area contributed by atoms with Gasteiger partial charge >= 0.3 is 0 Å². The molecule has 6 heteroatoms. The largest absolute Gasteiger partial charge is 0.394 e. The van der Waals surface area contributed by atoms with Gasteiger partial charge in [-0.1, -0.05) is 13.3 Å². The molecule has 0 aromatic rings. The van der Waals surface area contributed by atoms with Crippen LogP contribution in [0, 0.1) is 0 Å². The van der Waals surface area contributed by atoms with Crippen LogP contribution in [0.1, 0.15) is 19.8 Å². The van der Waals surface area contributed by atoms with Crippen molar-refractivity contribution in [3.63, 3.8) is 0 Å². The summed E-state index contributed by atoms with van der Waals surface area (Å²) in [7, 11) is 0. The number of hydrogen-bond donors (Lipinski definition) is 4. The lowest BCUT2D eigenvalue weighted by Crippen LogP contribution is -2.40. The van der Waals surface area contributed by atoms with E-state index >= 15 is 0 Å². The molecule has 0 bridgehead atoms. The van der Waals surface area contributed by atoms with Gasteiger partial charge in [-0.05, 0) is 6.42 Å². The first-order valence-corrected chi connectivity index (χ1v) is 5.54. The Morgan fingerprint density at radius 1 is 1.31 bits per heavy atom. The second kappa shape index (κ2) is 6.48. The number of unbranched alkanes of at least 4 members (excludes halogenated alkanes) is 1. The first kappa shape index (κ1) is 13.8. The summed E-state index contributed by atoms with van der Waals surface area (Å²) in [5.74, 6) is 0. The summed E-state index contributed by atoms with van der Waals surface area (Å²) in [5, 5.41) is 37.2. The molecule has 4 N–H and O–H groups in total. The Morgan fingerprint density at radius 3 is 2.56 bits per heavy atom. The van der Waals surface area contributed by atoms with Gasteiger partial charge in [0.25, 0.3) is 0 Å². The second-order valence-electron chi connectivity index (χ2n) is 3.92. The van der Waals surface area contributed by atoms with Gasteiger partial charge in [-0.3, -0.25) is 0 Å². The molecule has 0 aromatic carbocycles. The van der Waals surface area contributed by atoms with Crippen LogP contribution in [0.15, 0.2) is 0 Å². The van der Waals surface area contributed by atoms with Crippen molar-refractivity contribution >= 4 is 0 Å². The molecule has 0 aromatic heterocycles. The Kier molecular flexibility index (Phi) is 5.60. The summed E-state index contributed by atoms with van der Waals surface area (Å²) < 4.78 is 10.4. The van der Waals surface area contributed by atoms with E-state index in [-0.39, 0.29) is 0 Å². The first-order chi connectivity index (χ1) is 7.61. The molecule has 0 saturated carbocycles. The lowest BCUT2D eigenvalue weighted by molar-refractivity contribution is -0.180. The minimum atomic E-state index is -1.24. The molecule has 0 unspecified atom stereocenters. The van der Waals surface area contributed by atoms with Gasteiger partial charge in [0, 0.05) is 6.61 Å². The third-order valence-corrected chi connectivity index (χ3v) is 2.60. The maximum absolute atomic E-state index is 9.58. The smallest absolute Gasteiger partial charge is 0.186 e. The van der Waals surface area contributed by atoms with Crippen LogP contribution in [0.5, 0.6) is 0 Å². The van der Waals surface area contributed by atoms with E-state index in [2.05, 4.69) is 0 Å². The van der Waals surface area contributed by atoms with E-state index in [1.165, 1.54) is 0 Å². The molecule has 1 saturated heterocycles. The Bertz CT molecular complexity index is 200. The van der Waals surface area contributed by atoms with Crippen molar-refractivity contribution in [3.05, 3.63) is 0 Å². The molecule has 5 atom stereocenters. The molecule has 0 aliphatic carbocycles. The fourth-order valence-corrected chi connectivity index (χ4v) is 1.58. The van der Waals surface area contributed by atoms with Crippen molar-refractivity contribution < 1.29 is 29.9 Å². The lowest BCUT2D eigenvalue weighted by Gasteiger charge is -2.18. The van der Waals surface area contributed by atoms with Gasteiger partial charge in [-0.2, -0.15) is 0 Å². The zero-order valence-electron chi connectivity index (χ0n) is 9.32. The zero-order chi connectivity index (χ0) is 12.1. The third-order valence-electron chi connectivity index (χ3n) is 2.60. The van der Waals surface area contributed by atoms with Gasteiger partial charge in [-0.15, -0.1) is 0 Å². The Morgan fingerprint density at radius 2 is 2.00 bits per heavy atom. The van der Waals surface area contributed by atoms with Crippen molar-refractivity contribution in [1.29, 1.82) is 0 Å². The highest BCUT2D eigenvalue weighted by Gasteiger charge is 2.46. The standard InChI is InChI=1S/C10H20O6/c1-2-3-4-15-10-8(14)7(13)9(16-10)6(12)5-11/h6-14H,2-5H2,1H3/t6-,7+,8+,9+,10-/m0/s1. The molecular formula is C10H20O6. The number of ether oxygens (including phenoxy) is 2. The van der Waals surface area contributed by atoms with Gasteiger partial charge in [0.05, 0.1) is 6.61 Å². The molecule has 16 heavy (non-hydrogen) atoms. The van der Waals surface area contributed by atoms with Crippen molar-refractivity contribution in [1.82, 2.24) is 0 Å². The second-order valence-corrected chi connectivity index (χ2v) is 3.92. The minimum Gasteiger partial charge on any atom is -0.394 e. The highest BCUT2D eigenvalue weighted by molar-refractivity contribution is 4.90. The van der Waals surface area contributed by atoms with Crippen LogP contribution >= 0.6 is 0 Å². The number of rotatable bonds is 6. The van der Waals surface area contributed by atoms with E-state index in [0.29, 0.717) is 6.61 Å². The van der Waals surface area contributed by atoms with Gasteiger partial charge in [-0.25, -0.2) is 0 Å². The van der Waals surface area contributed by atoms with Crippen LogP contribution < -0.4 is 0 Å². The van der Waals surface area contributed by atoms with Crippen LogP contribution in [-0.2, 0) is 9.47 Å². The minimum absolute atomic E-state index is 0.423. The average molecular weight is 236 g/mol. The van der Waals surface area contributed by atoms with E-state index < -0.39 is 37.3 Å². The average Bonchev–Trinajstić information content (AvgIpc) is 2.57. The van der Waals surface area contributed by atoms with E-state index in [1.54, 1.807) is 0 Å². The molecular weight excluding hydrogens is 216 g/mol. The van der Waals surface area contributed by atoms with Crippen molar-refractivity contribution in [2.75, 3.05) is 13.2 Å². The van der Waals surface area contributed by atoms with Crippen LogP contribution in [0.25, 0.3) is 0 Å². The predicted octanol–water partition coefficient (Wildman–Crippen LogP) is -1.40. The maximum atomic E-state index is 9.58. The summed E-state index contributed by atoms with van der Waals surface area (Å²) in [6.45, 7) is 1.89. The van der Waals surface area contributed by atoms with Crippen LogP contribution in [-0.4, -0.2) is 64.3 Å². The molecule has 1 aliphatic rings. The summed E-state index contributed by atoms with van der Waals surface area (Å²) in [5.41, 5.74) is 0. The fraction of sp³-hybridized carbons (Fsp3) is 1.00. The number of hydrogen-bond acceptors (Lipinski definition) is 6. The van der Waals surface area contributed by atoms with Crippen molar-refractivity contribution in [3.8, 4) is 0 Å². The Hall–Kier alpha value is -0.240. The van der Waals surface area contributed by atoms with Gasteiger partial charge in [0.15, 0.2) is 6.29 Å². The quantitative estimate of drug-likeness (QED) is 0.423. The Labute approximate surface area is 94.4 Å². The van der Waals surface area contributed by atoms with Gasteiger partial charge in [0.2, 0.25) is 0 Å². The summed E-state index contributed by atoms with van der Waals surface area (Å²) >= 11 is 0. The van der Waals surface area contributed by atoms with Gasteiger partial charge < -0.3 is 29.9 Å². The molecule has 0 amide bonds. The lowest BCUT2D eigenvalue weighted by atomic mass is 10.1. The molecule has 1 aliphatic heterocycles. The van der Waals surface area contributed by atoms with Crippen molar-refractivity contribution in [2.45, 2.75) is 50.5 Å². The number of aliphatic hydroxyl groups excluding tert-OH is 4. The van der Waals surface area contributed by atoms with Crippen molar-refractivity contribution in [2.24, 2.45) is 0 Å². The van der Waals surface area contributed by atoms with Crippen LogP contribution in [0.3, 0.4) is 0 Å². The van der Waals surface area contributed by atoms with Gasteiger partial charge in [0.1, 0.15) is 24.4 Å². The van der Waals surface area contributed by atoms with Crippen LogP contribution in [0.2, 0.25) is 0 Å². The van der Waals surface area contributed by atoms with E-state index in [4.69, 9.17) is 14.6 Å². The molecule has 1 fully saturated rings. The molecule has 0 radical (unpaired) electrons. The SMILES string of the molecule is CCCCO[C@H]1O[C@H]([C@@H](O)CO)[C@H](O)[C@H]1O. The van der Waals surface area contributed by atoms with Crippen LogP contribution in [0.4, 0.5) is 0 Å². The highest BCUT2D eigenvalue weighted by atomic mass is 16.7. The highest BCUT2D eigenvalue weighted by Crippen LogP contribution is 2.24. The first-order valence-electron chi connectivity index (χ1n) is 5.54. The molecule has 0 spiro atoms. The topological polar surface area (TPSA) is 99.4 Å². The molecule has 6 nitrogen and oxygen atoms in total. The summed E-state index contributed by atoms with van der Waals surface area (Å²) in [4.78, 5) is 0. The predicted molar refractivity (Wildman–Crippen MR) is 54.6 cm³/mol. The normalized spacial score (nSPS) is 36.6. The maximum Gasteiger partial charge on any atom is 0.186 e. The summed E-state index contributed by atoms with van der Waals surface area (Å²) in [6.07, 6.45) is -3.81. The molecule has 1 rings (SSSR count). The fourth-order valence-electron chi connectivity index (χ4n) is 1.58. The Balaban J connectivity index is 2.44. The van der Waals surface area contributed by atoms with E-state index in [1.807, 2.05) is 6.92 Å². The molecule has 1 heterocycles.